The van der Waals surface area contributed by atoms with Gasteiger partial charge in [0.05, 0.1) is 36.2 Å². The lowest BCUT2D eigenvalue weighted by molar-refractivity contribution is -0.127. The molecular weight excluding hydrogens is 474 g/mol. The molecule has 0 aliphatic rings. The molecule has 1 aromatic carbocycles. The molecule has 2 atom stereocenters. The second kappa shape index (κ2) is 10.6. The number of fused-ring (bicyclic) bond motifs is 1. The van der Waals surface area contributed by atoms with Crippen molar-refractivity contribution in [3.05, 3.63) is 59.6 Å². The highest BCUT2D eigenvalue weighted by molar-refractivity contribution is 6.33. The molecule has 11 nitrogen and oxygen atoms in total. The molecule has 4 N–H and O–H groups in total. The Morgan fingerprint density at radius 1 is 1.23 bits per heavy atom. The molecule has 0 aliphatic heterocycles. The van der Waals surface area contributed by atoms with Gasteiger partial charge in [-0.2, -0.15) is 5.10 Å². The zero-order chi connectivity index (χ0) is 24.9. The molecule has 0 fully saturated rings. The number of hydrogen-bond acceptors (Lipinski definition) is 9. The van der Waals surface area contributed by atoms with Crippen LogP contribution in [0.3, 0.4) is 0 Å². The normalized spacial score (nSPS) is 12.9. The first-order valence-corrected chi connectivity index (χ1v) is 11.1. The first-order valence-electron chi connectivity index (χ1n) is 10.7. The number of para-hydroxylation sites is 1. The standard InChI is InChI=1S/C23H24ClN7O4/c1-13-6-7-19(26-8-13)30-22(33)18(11-34-14(2)10-32)35-23-15-9-29-31(21(15)27-12-28-23)20-16(24)4-3-5-17(20)25/h3-9,12,14,18,32H,10-11,25H2,1-2H3,(H,26,30,33)/t14-,18+/m1/s1. The first kappa shape index (κ1) is 24.3. The molecule has 1 amide bonds. The van der Waals surface area contributed by atoms with E-state index in [-0.39, 0.29) is 19.1 Å². The predicted octanol–water partition coefficient (Wildman–Crippen LogP) is 2.54. The molecule has 0 unspecified atom stereocenters. The van der Waals surface area contributed by atoms with Crippen LogP contribution in [0.5, 0.6) is 5.88 Å². The number of nitrogen functional groups attached to an aromatic ring is 1. The van der Waals surface area contributed by atoms with Gasteiger partial charge in [0.25, 0.3) is 5.91 Å². The number of nitrogens with one attached hydrogen (secondary N) is 1. The Bertz CT molecular complexity index is 1310. The third-order valence-corrected chi connectivity index (χ3v) is 5.36. The van der Waals surface area contributed by atoms with Crippen molar-refractivity contribution in [3.63, 3.8) is 0 Å². The van der Waals surface area contributed by atoms with Gasteiger partial charge >= 0.3 is 0 Å². The van der Waals surface area contributed by atoms with Crippen molar-refractivity contribution in [1.82, 2.24) is 24.7 Å². The number of amides is 1. The van der Waals surface area contributed by atoms with Gasteiger partial charge in [0.2, 0.25) is 12.0 Å². The van der Waals surface area contributed by atoms with E-state index in [1.165, 1.54) is 17.2 Å². The lowest BCUT2D eigenvalue weighted by Crippen LogP contribution is -2.38. The lowest BCUT2D eigenvalue weighted by atomic mass is 10.2. The zero-order valence-corrected chi connectivity index (χ0v) is 19.8. The summed E-state index contributed by atoms with van der Waals surface area (Å²) in [4.78, 5) is 25.7. The van der Waals surface area contributed by atoms with Crippen LogP contribution in [-0.2, 0) is 9.53 Å². The fraction of sp³-hybridized carbons (Fsp3) is 0.261. The molecule has 0 spiro atoms. The number of rotatable bonds is 9. The molecule has 0 radical (unpaired) electrons. The highest BCUT2D eigenvalue weighted by Gasteiger charge is 2.25. The minimum atomic E-state index is -1.11. The topological polar surface area (TPSA) is 150 Å². The average molecular weight is 498 g/mol. The summed E-state index contributed by atoms with van der Waals surface area (Å²) >= 11 is 6.35. The van der Waals surface area contributed by atoms with E-state index in [4.69, 9.17) is 26.8 Å². The molecule has 35 heavy (non-hydrogen) atoms. The maximum absolute atomic E-state index is 13.0. The second-order valence-corrected chi connectivity index (χ2v) is 8.20. The van der Waals surface area contributed by atoms with Gasteiger partial charge in [-0.05, 0) is 37.6 Å². The molecule has 3 aromatic heterocycles. The number of aryl methyl sites for hydroxylation is 1. The number of nitrogens with two attached hydrogens (primary N) is 1. The summed E-state index contributed by atoms with van der Waals surface area (Å²) in [6, 6.07) is 8.63. The van der Waals surface area contributed by atoms with E-state index in [0.717, 1.165) is 5.56 Å². The third kappa shape index (κ3) is 5.48. The summed E-state index contributed by atoms with van der Waals surface area (Å²) in [6.07, 6.45) is 2.82. The predicted molar refractivity (Wildman–Crippen MR) is 131 cm³/mol. The summed E-state index contributed by atoms with van der Waals surface area (Å²) in [5, 5.41) is 17.2. The monoisotopic (exact) mass is 497 g/mol. The van der Waals surface area contributed by atoms with E-state index in [1.54, 1.807) is 37.4 Å². The van der Waals surface area contributed by atoms with E-state index in [1.807, 2.05) is 13.0 Å². The van der Waals surface area contributed by atoms with Crippen LogP contribution in [0, 0.1) is 6.92 Å². The molecule has 3 heterocycles. The maximum Gasteiger partial charge on any atom is 0.269 e. The molecule has 4 rings (SSSR count). The summed E-state index contributed by atoms with van der Waals surface area (Å²) in [5.41, 5.74) is 8.33. The van der Waals surface area contributed by atoms with Crippen molar-refractivity contribution < 1.29 is 19.4 Å². The van der Waals surface area contributed by atoms with Gasteiger partial charge < -0.3 is 25.6 Å². The number of halogens is 1. The molecule has 0 saturated carbocycles. The molecular formula is C23H24ClN7O4. The van der Waals surface area contributed by atoms with E-state index in [0.29, 0.717) is 33.2 Å². The van der Waals surface area contributed by atoms with Crippen LogP contribution in [0.1, 0.15) is 12.5 Å². The summed E-state index contributed by atoms with van der Waals surface area (Å²) in [5.74, 6) is -0.0237. The van der Waals surface area contributed by atoms with Gasteiger partial charge in [-0.15, -0.1) is 0 Å². The average Bonchev–Trinajstić information content (AvgIpc) is 3.27. The number of carbonyl (C=O) groups excluding carboxylic acids is 1. The van der Waals surface area contributed by atoms with Crippen molar-refractivity contribution in [2.45, 2.75) is 26.1 Å². The number of aromatic nitrogens is 5. The Balaban J connectivity index is 1.64. The van der Waals surface area contributed by atoms with E-state index < -0.39 is 18.1 Å². The van der Waals surface area contributed by atoms with Crippen molar-refractivity contribution >= 4 is 40.0 Å². The number of anilines is 2. The van der Waals surface area contributed by atoms with Gasteiger partial charge in [-0.25, -0.2) is 19.6 Å². The van der Waals surface area contributed by atoms with Crippen LogP contribution >= 0.6 is 11.6 Å². The number of aliphatic hydroxyl groups excluding tert-OH is 1. The fourth-order valence-corrected chi connectivity index (χ4v) is 3.45. The van der Waals surface area contributed by atoms with Crippen LogP contribution < -0.4 is 15.8 Å². The summed E-state index contributed by atoms with van der Waals surface area (Å²) < 4.78 is 13.0. The molecule has 0 aliphatic carbocycles. The number of aliphatic hydroxyl groups is 1. The van der Waals surface area contributed by atoms with Crippen molar-refractivity contribution in [2.75, 3.05) is 24.3 Å². The maximum atomic E-state index is 13.0. The van der Waals surface area contributed by atoms with Gasteiger partial charge in [0.15, 0.2) is 5.65 Å². The molecule has 4 aromatic rings. The highest BCUT2D eigenvalue weighted by Crippen LogP contribution is 2.30. The molecule has 0 saturated heterocycles. The van der Waals surface area contributed by atoms with Gasteiger partial charge in [-0.3, -0.25) is 4.79 Å². The SMILES string of the molecule is Cc1ccc(NC(=O)[C@H](CO[C@H](C)CO)Oc2ncnc3c2cnn3-c2c(N)cccc2Cl)nc1. The number of benzene rings is 1. The van der Waals surface area contributed by atoms with Crippen molar-refractivity contribution in [3.8, 4) is 11.6 Å². The van der Waals surface area contributed by atoms with E-state index in [2.05, 4.69) is 25.4 Å². The highest BCUT2D eigenvalue weighted by atomic mass is 35.5. The number of ether oxygens (including phenoxy) is 2. The summed E-state index contributed by atoms with van der Waals surface area (Å²) in [6.45, 7) is 3.22. The zero-order valence-electron chi connectivity index (χ0n) is 19.1. The Hall–Kier alpha value is -3.80. The van der Waals surface area contributed by atoms with Crippen LogP contribution in [-0.4, -0.2) is 61.2 Å². The number of nitrogens with zero attached hydrogens (tertiary/aromatic N) is 5. The summed E-state index contributed by atoms with van der Waals surface area (Å²) in [7, 11) is 0. The molecule has 0 bridgehead atoms. The number of carbonyl (C=O) groups is 1. The Labute approximate surface area is 205 Å². The molecule has 12 heteroatoms. The van der Waals surface area contributed by atoms with Crippen LogP contribution in [0.15, 0.2) is 49.1 Å². The lowest BCUT2D eigenvalue weighted by Gasteiger charge is -2.20. The van der Waals surface area contributed by atoms with Crippen LogP contribution in [0.4, 0.5) is 11.5 Å². The first-order chi connectivity index (χ1) is 16.9. The Morgan fingerprint density at radius 2 is 2.06 bits per heavy atom. The number of pyridine rings is 1. The van der Waals surface area contributed by atoms with Crippen molar-refractivity contribution in [2.24, 2.45) is 0 Å². The van der Waals surface area contributed by atoms with E-state index >= 15 is 0 Å². The quantitative estimate of drug-likeness (QED) is 0.296. The second-order valence-electron chi connectivity index (χ2n) is 7.79. The number of hydrogen-bond donors (Lipinski definition) is 3. The van der Waals surface area contributed by atoms with Gasteiger partial charge in [0.1, 0.15) is 23.2 Å². The minimum Gasteiger partial charge on any atom is -0.461 e. The Kier molecular flexibility index (Phi) is 7.39. The third-order valence-electron chi connectivity index (χ3n) is 5.06. The van der Waals surface area contributed by atoms with Gasteiger partial charge in [0, 0.05) is 6.20 Å². The van der Waals surface area contributed by atoms with Crippen molar-refractivity contribution in [1.29, 1.82) is 0 Å². The smallest absolute Gasteiger partial charge is 0.269 e. The van der Waals surface area contributed by atoms with Gasteiger partial charge in [-0.1, -0.05) is 23.7 Å². The van der Waals surface area contributed by atoms with Crippen LogP contribution in [0.25, 0.3) is 16.7 Å². The van der Waals surface area contributed by atoms with Crippen LogP contribution in [0.2, 0.25) is 5.02 Å². The minimum absolute atomic E-state index is 0.115. The van der Waals surface area contributed by atoms with E-state index in [9.17, 15) is 9.90 Å². The fourth-order valence-electron chi connectivity index (χ4n) is 3.19. The molecule has 182 valence electrons. The Morgan fingerprint density at radius 3 is 2.77 bits per heavy atom. The largest absolute Gasteiger partial charge is 0.461 e.